The molecule has 0 amide bonds. The molecule has 2 aromatic rings. The van der Waals surface area contributed by atoms with Crippen LogP contribution in [0.2, 0.25) is 0 Å². The van der Waals surface area contributed by atoms with Crippen LogP contribution in [0.1, 0.15) is 73.4 Å². The summed E-state index contributed by atoms with van der Waals surface area (Å²) in [5.74, 6) is 0.477. The van der Waals surface area contributed by atoms with E-state index in [1.165, 1.54) is 16.7 Å². The van der Waals surface area contributed by atoms with Gasteiger partial charge in [0.05, 0.1) is 28.6 Å². The summed E-state index contributed by atoms with van der Waals surface area (Å²) in [6.07, 6.45) is 2.09. The number of aliphatic hydroxyl groups excluding tert-OH is 1. The van der Waals surface area contributed by atoms with Crippen molar-refractivity contribution in [3.05, 3.63) is 75.5 Å². The number of Topliss-reactive ketones (excluding diaryl/α,β-unsaturated/α-hetero) is 1. The summed E-state index contributed by atoms with van der Waals surface area (Å²) in [5.41, 5.74) is 6.01. The highest BCUT2D eigenvalue weighted by Gasteiger charge is 2.76. The number of aliphatic hydroxyl groups is 1. The van der Waals surface area contributed by atoms with E-state index in [2.05, 4.69) is 71.0 Å². The molecular formula is C29H34O3. The molecule has 0 aromatic heterocycles. The van der Waals surface area contributed by atoms with Gasteiger partial charge in [-0.1, -0.05) is 61.4 Å². The van der Waals surface area contributed by atoms with Gasteiger partial charge in [-0.15, -0.1) is 0 Å². The Hall–Kier alpha value is -2.39. The summed E-state index contributed by atoms with van der Waals surface area (Å²) in [6, 6.07) is 12.9. The van der Waals surface area contributed by atoms with Crippen molar-refractivity contribution in [2.75, 3.05) is 0 Å². The highest BCUT2D eigenvalue weighted by Crippen LogP contribution is 2.71. The Kier molecular flexibility index (Phi) is 4.73. The molecule has 0 radical (unpaired) electrons. The van der Waals surface area contributed by atoms with Gasteiger partial charge >= 0.3 is 0 Å². The average Bonchev–Trinajstić information content (AvgIpc) is 3.36. The third kappa shape index (κ3) is 2.49. The maximum Gasteiger partial charge on any atom is 0.176 e. The second kappa shape index (κ2) is 7.05. The summed E-state index contributed by atoms with van der Waals surface area (Å²) in [7, 11) is 0. The molecule has 1 N–H and O–H groups in total. The molecule has 1 aliphatic carbocycles. The predicted molar refractivity (Wildman–Crippen MR) is 128 cm³/mol. The lowest BCUT2D eigenvalue weighted by Gasteiger charge is -2.43. The monoisotopic (exact) mass is 430 g/mol. The molecule has 2 saturated heterocycles. The smallest absolute Gasteiger partial charge is 0.176 e. The summed E-state index contributed by atoms with van der Waals surface area (Å²) < 4.78 is 6.49. The van der Waals surface area contributed by atoms with Crippen LogP contribution in [-0.4, -0.2) is 23.1 Å². The van der Waals surface area contributed by atoms with Crippen molar-refractivity contribution in [2.24, 2.45) is 10.8 Å². The highest BCUT2D eigenvalue weighted by atomic mass is 16.5. The van der Waals surface area contributed by atoms with Crippen LogP contribution < -0.4 is 0 Å². The fourth-order valence-electron chi connectivity index (χ4n) is 6.88. The van der Waals surface area contributed by atoms with Crippen molar-refractivity contribution in [2.45, 2.75) is 78.9 Å². The Balaban J connectivity index is 1.70. The van der Waals surface area contributed by atoms with Crippen LogP contribution in [0.4, 0.5) is 0 Å². The van der Waals surface area contributed by atoms with Gasteiger partial charge in [0.2, 0.25) is 0 Å². The first-order valence-electron chi connectivity index (χ1n) is 12.0. The number of aryl methyl sites for hydroxylation is 4. The van der Waals surface area contributed by atoms with Gasteiger partial charge in [0.25, 0.3) is 0 Å². The Labute approximate surface area is 191 Å². The number of benzene rings is 2. The second-order valence-electron chi connectivity index (χ2n) is 10.4. The van der Waals surface area contributed by atoms with E-state index in [-0.39, 0.29) is 29.7 Å². The Bertz CT molecular complexity index is 1130. The first-order chi connectivity index (χ1) is 15.2. The zero-order valence-corrected chi connectivity index (χ0v) is 20.1. The predicted octanol–water partition coefficient (Wildman–Crippen LogP) is 6.25. The molecule has 2 aromatic carbocycles. The SMILES string of the molecule is CCc1cc(C)cc(CC)c1C1=C(O)[C@]2(C)[C@@H]3O[C@@H](CC3c3cccc(C)c3)[C@]2(C)C1=O. The molecule has 5 rings (SSSR count). The maximum absolute atomic E-state index is 14.1. The Morgan fingerprint density at radius 2 is 1.66 bits per heavy atom. The summed E-state index contributed by atoms with van der Waals surface area (Å²) in [6.45, 7) is 12.5. The number of hydrogen-bond acceptors (Lipinski definition) is 3. The van der Waals surface area contributed by atoms with Crippen molar-refractivity contribution in [1.82, 2.24) is 0 Å². The molecular weight excluding hydrogens is 396 g/mol. The third-order valence-corrected chi connectivity index (χ3v) is 8.79. The number of hydrogen-bond donors (Lipinski definition) is 1. The summed E-state index contributed by atoms with van der Waals surface area (Å²) in [4.78, 5) is 14.1. The zero-order valence-electron chi connectivity index (χ0n) is 20.1. The van der Waals surface area contributed by atoms with Gasteiger partial charge in [-0.3, -0.25) is 4.79 Å². The Morgan fingerprint density at radius 1 is 1.00 bits per heavy atom. The molecule has 168 valence electrons. The number of fused-ring (bicyclic) bond motifs is 5. The number of ether oxygens (including phenoxy) is 1. The molecule has 3 nitrogen and oxygen atoms in total. The quantitative estimate of drug-likeness (QED) is 0.624. The fraction of sp³-hybridized carbons (Fsp3) is 0.483. The number of allylic oxidation sites excluding steroid dienone is 1. The number of carbonyl (C=O) groups is 1. The van der Waals surface area contributed by atoms with Crippen LogP contribution in [0.3, 0.4) is 0 Å². The molecule has 2 bridgehead atoms. The highest BCUT2D eigenvalue weighted by molar-refractivity contribution is 6.28. The van der Waals surface area contributed by atoms with Gasteiger partial charge in [0.15, 0.2) is 5.78 Å². The largest absolute Gasteiger partial charge is 0.511 e. The average molecular weight is 431 g/mol. The van der Waals surface area contributed by atoms with E-state index in [9.17, 15) is 9.90 Å². The maximum atomic E-state index is 14.1. The van der Waals surface area contributed by atoms with Gasteiger partial charge in [-0.05, 0) is 69.2 Å². The van der Waals surface area contributed by atoms with E-state index in [1.54, 1.807) is 0 Å². The first kappa shape index (κ1) is 21.5. The molecule has 5 atom stereocenters. The van der Waals surface area contributed by atoms with Crippen molar-refractivity contribution in [3.8, 4) is 0 Å². The van der Waals surface area contributed by atoms with Crippen LogP contribution in [0.25, 0.3) is 5.57 Å². The lowest BCUT2D eigenvalue weighted by molar-refractivity contribution is -0.127. The van der Waals surface area contributed by atoms with Crippen LogP contribution in [-0.2, 0) is 22.4 Å². The van der Waals surface area contributed by atoms with E-state index in [1.807, 2.05) is 6.92 Å². The number of carbonyl (C=O) groups excluding carboxylic acids is 1. The number of rotatable bonds is 4. The standard InChI is InChI=1S/C29H34O3/c1-7-18-13-17(4)14-19(8-2)23(18)24-25(30)28(5)22-15-21(20-11-9-10-16(3)12-20)27(32-22)29(28,6)26(24)31/h9-14,21-22,27,31H,7-8,15H2,1-6H3/t21?,22-,27+,28+,29+/m0/s1. The lowest BCUT2D eigenvalue weighted by atomic mass is 9.55. The van der Waals surface area contributed by atoms with Gasteiger partial charge in [-0.2, -0.15) is 0 Å². The van der Waals surface area contributed by atoms with Crippen LogP contribution in [0.5, 0.6) is 0 Å². The van der Waals surface area contributed by atoms with Gasteiger partial charge < -0.3 is 9.84 Å². The van der Waals surface area contributed by atoms with Crippen molar-refractivity contribution in [1.29, 1.82) is 0 Å². The van der Waals surface area contributed by atoms with Crippen molar-refractivity contribution in [3.63, 3.8) is 0 Å². The molecule has 2 fully saturated rings. The van der Waals surface area contributed by atoms with Gasteiger partial charge in [0, 0.05) is 5.92 Å². The van der Waals surface area contributed by atoms with E-state index in [0.717, 1.165) is 36.0 Å². The second-order valence-corrected chi connectivity index (χ2v) is 10.4. The van der Waals surface area contributed by atoms with Crippen molar-refractivity contribution < 1.29 is 14.6 Å². The Morgan fingerprint density at radius 3 is 2.25 bits per heavy atom. The molecule has 2 aliphatic heterocycles. The normalized spacial score (nSPS) is 33.3. The zero-order chi connectivity index (χ0) is 23.0. The molecule has 2 heterocycles. The van der Waals surface area contributed by atoms with E-state index >= 15 is 0 Å². The van der Waals surface area contributed by atoms with Crippen LogP contribution in [0, 0.1) is 24.7 Å². The first-order valence-corrected chi connectivity index (χ1v) is 12.0. The number of ketones is 1. The van der Waals surface area contributed by atoms with Gasteiger partial charge in [0.1, 0.15) is 5.76 Å². The summed E-state index contributed by atoms with van der Waals surface area (Å²) >= 11 is 0. The molecule has 0 saturated carbocycles. The van der Waals surface area contributed by atoms with E-state index in [0.29, 0.717) is 5.57 Å². The molecule has 3 heteroatoms. The lowest BCUT2D eigenvalue weighted by Crippen LogP contribution is -2.50. The van der Waals surface area contributed by atoms with Crippen LogP contribution in [0.15, 0.2) is 42.2 Å². The molecule has 32 heavy (non-hydrogen) atoms. The summed E-state index contributed by atoms with van der Waals surface area (Å²) in [5, 5.41) is 11.8. The van der Waals surface area contributed by atoms with E-state index in [4.69, 9.17) is 4.74 Å². The van der Waals surface area contributed by atoms with Crippen molar-refractivity contribution >= 4 is 11.4 Å². The van der Waals surface area contributed by atoms with E-state index < -0.39 is 10.8 Å². The molecule has 1 unspecified atom stereocenters. The third-order valence-electron chi connectivity index (χ3n) is 8.79. The van der Waals surface area contributed by atoms with Crippen LogP contribution >= 0.6 is 0 Å². The minimum Gasteiger partial charge on any atom is -0.511 e. The minimum absolute atomic E-state index is 0.0564. The minimum atomic E-state index is -0.738. The topological polar surface area (TPSA) is 46.5 Å². The fourth-order valence-corrected chi connectivity index (χ4v) is 6.88. The molecule has 0 spiro atoms. The van der Waals surface area contributed by atoms with Gasteiger partial charge in [-0.25, -0.2) is 0 Å². The molecule has 3 aliphatic rings.